The van der Waals surface area contributed by atoms with Gasteiger partial charge in [-0.3, -0.25) is 4.79 Å². The van der Waals surface area contributed by atoms with Crippen LogP contribution in [0.5, 0.6) is 5.75 Å². The molecule has 1 aliphatic heterocycles. The van der Waals surface area contributed by atoms with Crippen LogP contribution >= 0.6 is 11.9 Å². The molecule has 3 N–H and O–H groups in total. The largest absolute Gasteiger partial charge is 0.492 e. The topological polar surface area (TPSA) is 108 Å². The third kappa shape index (κ3) is 6.78. The molecule has 0 atom stereocenters. The molecule has 3 heterocycles. The fourth-order valence-electron chi connectivity index (χ4n) is 5.01. The van der Waals surface area contributed by atoms with Gasteiger partial charge in [-0.2, -0.15) is 0 Å². The number of carbonyl (C=O) groups excluding carboxylic acids is 1. The predicted molar refractivity (Wildman–Crippen MR) is 178 cm³/mol. The normalized spacial score (nSPS) is 14.1. The van der Waals surface area contributed by atoms with E-state index in [0.717, 1.165) is 60.0 Å². The fourth-order valence-corrected chi connectivity index (χ4v) is 5.38. The highest BCUT2D eigenvalue weighted by atomic mass is 32.2. The molecular weight excluding hydrogens is 560 g/mol. The summed E-state index contributed by atoms with van der Waals surface area (Å²) in [5.74, 6) is 1.83. The molecule has 0 radical (unpaired) electrons. The number of likely N-dealkylation sites (N-methyl/N-ethyl adjacent to an activating group) is 1. The molecular formula is C32H40N8O2S. The van der Waals surface area contributed by atoms with E-state index in [9.17, 15) is 4.79 Å². The van der Waals surface area contributed by atoms with Gasteiger partial charge >= 0.3 is 0 Å². The van der Waals surface area contributed by atoms with E-state index in [-0.39, 0.29) is 11.3 Å². The van der Waals surface area contributed by atoms with Gasteiger partial charge in [0.15, 0.2) is 11.6 Å². The number of piperazine rings is 1. The number of ether oxygens (including phenoxy) is 1. The second-order valence-corrected chi connectivity index (χ2v) is 12.4. The highest BCUT2D eigenvalue weighted by Gasteiger charge is 2.22. The molecule has 10 nitrogen and oxygen atoms in total. The van der Waals surface area contributed by atoms with E-state index in [1.807, 2.05) is 49.6 Å². The molecule has 43 heavy (non-hydrogen) atoms. The third-order valence-electron chi connectivity index (χ3n) is 7.67. The van der Waals surface area contributed by atoms with Gasteiger partial charge in [0.1, 0.15) is 17.7 Å². The van der Waals surface area contributed by atoms with Crippen LogP contribution < -0.4 is 25.0 Å². The number of nitrogens with one attached hydrogen (secondary N) is 3. The van der Waals surface area contributed by atoms with Crippen molar-refractivity contribution in [2.24, 2.45) is 0 Å². The van der Waals surface area contributed by atoms with Crippen molar-refractivity contribution in [3.8, 4) is 5.75 Å². The number of aryl methyl sites for hydroxylation is 1. The van der Waals surface area contributed by atoms with Crippen LogP contribution in [0, 0.1) is 6.92 Å². The summed E-state index contributed by atoms with van der Waals surface area (Å²) < 4.78 is 9.01. The molecule has 0 saturated carbocycles. The molecule has 1 saturated heterocycles. The van der Waals surface area contributed by atoms with Crippen molar-refractivity contribution in [1.29, 1.82) is 0 Å². The molecule has 11 heteroatoms. The zero-order valence-corrected chi connectivity index (χ0v) is 26.7. The second-order valence-electron chi connectivity index (χ2n) is 11.8. The van der Waals surface area contributed by atoms with Gasteiger partial charge in [-0.25, -0.2) is 15.0 Å². The van der Waals surface area contributed by atoms with E-state index in [2.05, 4.69) is 69.0 Å². The first-order valence-electron chi connectivity index (χ1n) is 14.3. The minimum atomic E-state index is -0.245. The predicted octanol–water partition coefficient (Wildman–Crippen LogP) is 6.08. The van der Waals surface area contributed by atoms with Gasteiger partial charge in [0.05, 0.1) is 24.0 Å². The molecule has 4 aromatic rings. The SMILES string of the molecule is COc1c(NSC)cc(C(C)(C)C)cc1NC(=O)c1ccc(C)c(Nc2ncnc3ccc(N4CCN(C)CC4)nc23)c1. The fraction of sp³-hybridized carbons (Fsp3) is 0.375. The van der Waals surface area contributed by atoms with Crippen LogP contribution in [0.1, 0.15) is 42.3 Å². The van der Waals surface area contributed by atoms with Crippen molar-refractivity contribution in [3.05, 3.63) is 65.5 Å². The van der Waals surface area contributed by atoms with Crippen molar-refractivity contribution < 1.29 is 9.53 Å². The lowest BCUT2D eigenvalue weighted by Crippen LogP contribution is -2.44. The summed E-state index contributed by atoms with van der Waals surface area (Å²) >= 11 is 1.47. The summed E-state index contributed by atoms with van der Waals surface area (Å²) in [5, 5.41) is 6.52. The number of methoxy groups -OCH3 is 1. The first-order valence-corrected chi connectivity index (χ1v) is 15.6. The van der Waals surface area contributed by atoms with Crippen molar-refractivity contribution in [1.82, 2.24) is 19.9 Å². The maximum atomic E-state index is 13.6. The smallest absolute Gasteiger partial charge is 0.255 e. The molecule has 0 aliphatic carbocycles. The Balaban J connectivity index is 1.44. The average molecular weight is 601 g/mol. The standard InChI is InChI=1S/C32H40N8O2S/c1-20-8-9-21(31(41)36-25-17-22(32(2,3)4)18-26(38-43-7)29(25)42-6)16-24(20)35-30-28-23(33-19-34-30)10-11-27(37-28)40-14-12-39(5)13-15-40/h8-11,16-19,38H,12-15H2,1-7H3,(H,36,41)(H,33,34,35). The van der Waals surface area contributed by atoms with Gasteiger partial charge in [0.2, 0.25) is 0 Å². The Labute approximate surface area is 257 Å². The minimum absolute atomic E-state index is 0.125. The number of pyridine rings is 1. The number of benzene rings is 2. The van der Waals surface area contributed by atoms with Crippen LogP contribution in [0.3, 0.4) is 0 Å². The average Bonchev–Trinajstić information content (AvgIpc) is 2.98. The van der Waals surface area contributed by atoms with E-state index in [4.69, 9.17) is 9.72 Å². The summed E-state index contributed by atoms with van der Waals surface area (Å²) in [5.41, 5.74) is 6.04. The van der Waals surface area contributed by atoms with E-state index in [0.29, 0.717) is 28.3 Å². The van der Waals surface area contributed by atoms with Gasteiger partial charge < -0.3 is 29.9 Å². The number of amides is 1. The molecule has 2 aromatic carbocycles. The lowest BCUT2D eigenvalue weighted by Gasteiger charge is -2.33. The summed E-state index contributed by atoms with van der Waals surface area (Å²) in [6.45, 7) is 12.2. The number of carbonyl (C=O) groups is 1. The summed E-state index contributed by atoms with van der Waals surface area (Å²) in [4.78, 5) is 32.1. The molecule has 0 unspecified atom stereocenters. The number of fused-ring (bicyclic) bond motifs is 1. The number of anilines is 5. The Morgan fingerprint density at radius 1 is 0.977 bits per heavy atom. The van der Waals surface area contributed by atoms with Crippen LogP contribution in [-0.2, 0) is 5.41 Å². The minimum Gasteiger partial charge on any atom is -0.492 e. The molecule has 226 valence electrons. The van der Waals surface area contributed by atoms with Gasteiger partial charge in [0, 0.05) is 43.7 Å². The molecule has 1 aliphatic rings. The zero-order valence-electron chi connectivity index (χ0n) is 25.9. The first kappa shape index (κ1) is 30.4. The van der Waals surface area contributed by atoms with E-state index in [1.54, 1.807) is 7.11 Å². The summed E-state index contributed by atoms with van der Waals surface area (Å²) in [7, 11) is 3.74. The number of aromatic nitrogens is 3. The zero-order chi connectivity index (χ0) is 30.7. The Hall–Kier alpha value is -4.09. The van der Waals surface area contributed by atoms with Gasteiger partial charge in [-0.1, -0.05) is 38.8 Å². The van der Waals surface area contributed by atoms with E-state index < -0.39 is 0 Å². The van der Waals surface area contributed by atoms with Crippen LogP contribution in [-0.4, -0.2) is 72.4 Å². The van der Waals surface area contributed by atoms with Crippen LogP contribution in [0.25, 0.3) is 11.0 Å². The lowest BCUT2D eigenvalue weighted by molar-refractivity contribution is 0.102. The maximum Gasteiger partial charge on any atom is 0.255 e. The Morgan fingerprint density at radius 3 is 2.42 bits per heavy atom. The Morgan fingerprint density at radius 2 is 1.72 bits per heavy atom. The van der Waals surface area contributed by atoms with Gasteiger partial charge in [-0.15, -0.1) is 0 Å². The molecule has 1 amide bonds. The maximum absolute atomic E-state index is 13.6. The highest BCUT2D eigenvalue weighted by Crippen LogP contribution is 2.40. The van der Waals surface area contributed by atoms with Crippen molar-refractivity contribution in [3.63, 3.8) is 0 Å². The third-order valence-corrected chi connectivity index (χ3v) is 8.09. The van der Waals surface area contributed by atoms with Crippen LogP contribution in [0.4, 0.5) is 28.7 Å². The van der Waals surface area contributed by atoms with Gasteiger partial charge in [0.25, 0.3) is 5.91 Å². The highest BCUT2D eigenvalue weighted by molar-refractivity contribution is 7.99. The van der Waals surface area contributed by atoms with Crippen LogP contribution in [0.2, 0.25) is 0 Å². The van der Waals surface area contributed by atoms with Crippen LogP contribution in [0.15, 0.2) is 48.8 Å². The Bertz CT molecular complexity index is 1630. The molecule has 0 bridgehead atoms. The Kier molecular flexibility index (Phi) is 8.93. The second kappa shape index (κ2) is 12.6. The molecule has 0 spiro atoms. The lowest BCUT2D eigenvalue weighted by atomic mass is 9.86. The van der Waals surface area contributed by atoms with Crippen molar-refractivity contribution in [2.75, 3.05) is 66.8 Å². The number of hydrogen-bond donors (Lipinski definition) is 3. The van der Waals surface area contributed by atoms with Gasteiger partial charge in [-0.05, 0) is 66.9 Å². The number of nitrogens with zero attached hydrogens (tertiary/aromatic N) is 5. The monoisotopic (exact) mass is 600 g/mol. The van der Waals surface area contributed by atoms with Crippen molar-refractivity contribution >= 4 is 57.6 Å². The first-order chi connectivity index (χ1) is 20.6. The molecule has 5 rings (SSSR count). The number of rotatable bonds is 8. The van der Waals surface area contributed by atoms with E-state index >= 15 is 0 Å². The molecule has 1 fully saturated rings. The van der Waals surface area contributed by atoms with E-state index in [1.165, 1.54) is 18.3 Å². The summed E-state index contributed by atoms with van der Waals surface area (Å²) in [6, 6.07) is 13.6. The number of hydrogen-bond acceptors (Lipinski definition) is 10. The quantitative estimate of drug-likeness (QED) is 0.206. The molecule has 2 aromatic heterocycles. The van der Waals surface area contributed by atoms with Crippen molar-refractivity contribution in [2.45, 2.75) is 33.1 Å². The summed E-state index contributed by atoms with van der Waals surface area (Å²) in [6.07, 6.45) is 3.48.